The van der Waals surface area contributed by atoms with E-state index in [9.17, 15) is 13.5 Å². The molecule has 2 atom stereocenters. The van der Waals surface area contributed by atoms with Gasteiger partial charge in [-0.1, -0.05) is 12.1 Å². The minimum Gasteiger partial charge on any atom is -0.393 e. The Bertz CT molecular complexity index is 693. The topological polar surface area (TPSA) is 79.3 Å². The number of pyridine rings is 1. The van der Waals surface area contributed by atoms with Gasteiger partial charge in [0, 0.05) is 29.2 Å². The summed E-state index contributed by atoms with van der Waals surface area (Å²) in [6.45, 7) is 3.37. The van der Waals surface area contributed by atoms with Crippen LogP contribution in [0, 0.1) is 0 Å². The van der Waals surface area contributed by atoms with Crippen LogP contribution >= 0.6 is 0 Å². The Morgan fingerprint density at radius 1 is 1.30 bits per heavy atom. The highest BCUT2D eigenvalue weighted by atomic mass is 32.2. The molecule has 2 aromatic rings. The van der Waals surface area contributed by atoms with Crippen molar-refractivity contribution in [2.75, 3.05) is 0 Å². The average Bonchev–Trinajstić information content (AvgIpc) is 2.36. The first-order valence-electron chi connectivity index (χ1n) is 6.43. The van der Waals surface area contributed by atoms with Crippen LogP contribution in [0.3, 0.4) is 0 Å². The van der Waals surface area contributed by atoms with Crippen LogP contribution in [-0.4, -0.2) is 30.7 Å². The van der Waals surface area contributed by atoms with E-state index < -0.39 is 16.1 Å². The maximum Gasteiger partial charge on any atom is 0.241 e. The Balaban J connectivity index is 2.37. The van der Waals surface area contributed by atoms with Crippen LogP contribution in [0.4, 0.5) is 0 Å². The van der Waals surface area contributed by atoms with Crippen molar-refractivity contribution >= 4 is 20.8 Å². The smallest absolute Gasteiger partial charge is 0.241 e. The van der Waals surface area contributed by atoms with Gasteiger partial charge in [-0.05, 0) is 32.4 Å². The van der Waals surface area contributed by atoms with Crippen molar-refractivity contribution in [3.8, 4) is 0 Å². The molecule has 0 fully saturated rings. The van der Waals surface area contributed by atoms with Gasteiger partial charge in [-0.2, -0.15) is 0 Å². The highest BCUT2D eigenvalue weighted by molar-refractivity contribution is 7.89. The third kappa shape index (κ3) is 3.33. The molecule has 0 spiro atoms. The molecule has 20 heavy (non-hydrogen) atoms. The summed E-state index contributed by atoms with van der Waals surface area (Å²) in [6.07, 6.45) is 3.02. The second-order valence-electron chi connectivity index (χ2n) is 4.96. The lowest BCUT2D eigenvalue weighted by Crippen LogP contribution is -2.34. The minimum absolute atomic E-state index is 0.231. The zero-order chi connectivity index (χ0) is 14.8. The summed E-state index contributed by atoms with van der Waals surface area (Å²) < 4.78 is 27.4. The van der Waals surface area contributed by atoms with Crippen LogP contribution in [0.1, 0.15) is 20.3 Å². The van der Waals surface area contributed by atoms with E-state index in [-0.39, 0.29) is 10.9 Å². The van der Waals surface area contributed by atoms with Gasteiger partial charge in [0.2, 0.25) is 10.0 Å². The Kier molecular flexibility index (Phi) is 4.37. The molecule has 5 nitrogen and oxygen atoms in total. The quantitative estimate of drug-likeness (QED) is 0.879. The highest BCUT2D eigenvalue weighted by Crippen LogP contribution is 2.22. The molecule has 2 unspecified atom stereocenters. The first-order chi connectivity index (χ1) is 9.40. The van der Waals surface area contributed by atoms with Crippen LogP contribution in [0.15, 0.2) is 41.6 Å². The number of hydrogen-bond donors (Lipinski definition) is 2. The van der Waals surface area contributed by atoms with Crippen LogP contribution in [-0.2, 0) is 10.0 Å². The monoisotopic (exact) mass is 294 g/mol. The molecule has 0 aliphatic heterocycles. The zero-order valence-electron chi connectivity index (χ0n) is 11.4. The Morgan fingerprint density at radius 2 is 2.05 bits per heavy atom. The van der Waals surface area contributed by atoms with Gasteiger partial charge in [-0.15, -0.1) is 0 Å². The van der Waals surface area contributed by atoms with E-state index in [4.69, 9.17) is 0 Å². The van der Waals surface area contributed by atoms with Crippen LogP contribution in [0.2, 0.25) is 0 Å². The Hall–Kier alpha value is -1.50. The molecule has 6 heteroatoms. The van der Waals surface area contributed by atoms with E-state index in [0.29, 0.717) is 11.8 Å². The maximum atomic E-state index is 12.4. The fourth-order valence-electron chi connectivity index (χ4n) is 2.22. The van der Waals surface area contributed by atoms with Crippen molar-refractivity contribution in [2.24, 2.45) is 0 Å². The molecule has 0 aliphatic carbocycles. The number of nitrogens with one attached hydrogen (secondary N) is 1. The van der Waals surface area contributed by atoms with Gasteiger partial charge in [-0.25, -0.2) is 13.1 Å². The van der Waals surface area contributed by atoms with Crippen molar-refractivity contribution in [3.05, 3.63) is 36.7 Å². The fourth-order valence-corrected chi connectivity index (χ4v) is 3.70. The number of aliphatic hydroxyl groups is 1. The van der Waals surface area contributed by atoms with Crippen molar-refractivity contribution in [1.82, 2.24) is 9.71 Å². The fraction of sp³-hybridized carbons (Fsp3) is 0.357. The van der Waals surface area contributed by atoms with E-state index >= 15 is 0 Å². The average molecular weight is 294 g/mol. The van der Waals surface area contributed by atoms with E-state index in [1.54, 1.807) is 44.4 Å². The molecule has 1 aromatic heterocycles. The number of hydrogen-bond acceptors (Lipinski definition) is 4. The summed E-state index contributed by atoms with van der Waals surface area (Å²) in [6, 6.07) is 6.43. The second kappa shape index (κ2) is 5.87. The molecule has 0 saturated carbocycles. The number of aliphatic hydroxyl groups excluding tert-OH is 1. The summed E-state index contributed by atoms with van der Waals surface area (Å²) in [5.74, 6) is 0. The number of aromatic nitrogens is 1. The first kappa shape index (κ1) is 14.9. The van der Waals surface area contributed by atoms with Crippen LogP contribution in [0.25, 0.3) is 10.8 Å². The van der Waals surface area contributed by atoms with Crippen molar-refractivity contribution in [2.45, 2.75) is 37.3 Å². The molecule has 0 radical (unpaired) electrons. The predicted octanol–water partition coefficient (Wildman–Crippen LogP) is 1.67. The van der Waals surface area contributed by atoms with Gasteiger partial charge in [-0.3, -0.25) is 4.98 Å². The number of benzene rings is 1. The third-order valence-corrected chi connectivity index (χ3v) is 4.63. The molecule has 0 bridgehead atoms. The van der Waals surface area contributed by atoms with Gasteiger partial charge in [0.25, 0.3) is 0 Å². The molecule has 108 valence electrons. The number of nitrogens with zero attached hydrogens (tertiary/aromatic N) is 1. The normalized spacial score (nSPS) is 15.2. The summed E-state index contributed by atoms with van der Waals surface area (Å²) >= 11 is 0. The SMILES string of the molecule is CC(O)CC(C)NS(=O)(=O)c1cccc2cnccc12. The second-order valence-corrected chi connectivity index (χ2v) is 6.64. The molecule has 2 rings (SSSR count). The Morgan fingerprint density at radius 3 is 2.75 bits per heavy atom. The number of fused-ring (bicyclic) bond motifs is 1. The van der Waals surface area contributed by atoms with Crippen molar-refractivity contribution in [3.63, 3.8) is 0 Å². The highest BCUT2D eigenvalue weighted by Gasteiger charge is 2.20. The number of rotatable bonds is 5. The first-order valence-corrected chi connectivity index (χ1v) is 7.91. The molecular formula is C14H18N2O3S. The van der Waals surface area contributed by atoms with E-state index in [2.05, 4.69) is 9.71 Å². The summed E-state index contributed by atoms with van der Waals surface area (Å²) in [5.41, 5.74) is 0. The lowest BCUT2D eigenvalue weighted by Gasteiger charge is -2.16. The zero-order valence-corrected chi connectivity index (χ0v) is 12.3. The summed E-state index contributed by atoms with van der Waals surface area (Å²) in [5, 5.41) is 10.7. The summed E-state index contributed by atoms with van der Waals surface area (Å²) in [7, 11) is -3.62. The third-order valence-electron chi connectivity index (χ3n) is 2.98. The van der Waals surface area contributed by atoms with Crippen molar-refractivity contribution < 1.29 is 13.5 Å². The van der Waals surface area contributed by atoms with Gasteiger partial charge in [0.05, 0.1) is 11.0 Å². The molecule has 1 aromatic carbocycles. The van der Waals surface area contributed by atoms with E-state index in [1.165, 1.54) is 0 Å². The minimum atomic E-state index is -3.62. The van der Waals surface area contributed by atoms with Crippen LogP contribution < -0.4 is 4.72 Å². The summed E-state index contributed by atoms with van der Waals surface area (Å²) in [4.78, 5) is 4.22. The van der Waals surface area contributed by atoms with Crippen molar-refractivity contribution in [1.29, 1.82) is 0 Å². The standard InChI is InChI=1S/C14H18N2O3S/c1-10(8-11(2)17)16-20(18,19)14-5-3-4-12-9-15-7-6-13(12)14/h3-7,9-11,16-17H,8H2,1-2H3. The predicted molar refractivity (Wildman–Crippen MR) is 77.8 cm³/mol. The molecule has 2 N–H and O–H groups in total. The Labute approximate surface area is 118 Å². The molecule has 0 amide bonds. The van der Waals surface area contributed by atoms with E-state index in [1.807, 2.05) is 6.07 Å². The maximum absolute atomic E-state index is 12.4. The number of sulfonamides is 1. The molecule has 0 aliphatic rings. The lowest BCUT2D eigenvalue weighted by molar-refractivity contribution is 0.175. The van der Waals surface area contributed by atoms with Gasteiger partial charge in [0.1, 0.15) is 0 Å². The largest absolute Gasteiger partial charge is 0.393 e. The molecular weight excluding hydrogens is 276 g/mol. The van der Waals surface area contributed by atoms with E-state index in [0.717, 1.165) is 5.39 Å². The molecule has 1 heterocycles. The molecule has 0 saturated heterocycles. The lowest BCUT2D eigenvalue weighted by atomic mass is 10.2. The van der Waals surface area contributed by atoms with Gasteiger partial charge in [0.15, 0.2) is 0 Å². The van der Waals surface area contributed by atoms with Gasteiger partial charge >= 0.3 is 0 Å². The van der Waals surface area contributed by atoms with Crippen LogP contribution in [0.5, 0.6) is 0 Å². The van der Waals surface area contributed by atoms with Gasteiger partial charge < -0.3 is 5.11 Å².